The number of aliphatic imine (C=N–C) groups is 1. The molecule has 3 N–H and O–H groups in total. The molecule has 0 radical (unpaired) electrons. The summed E-state index contributed by atoms with van der Waals surface area (Å²) in [4.78, 5) is 4.45. The molecule has 1 aromatic carbocycles. The maximum atomic E-state index is 13.8. The number of nitrogens with one attached hydrogen (secondary N) is 2. The second kappa shape index (κ2) is 9.14. The number of rotatable bonds is 7. The zero-order valence-electron chi connectivity index (χ0n) is 15.3. The minimum Gasteiger partial charge on any atom is -0.383 e. The summed E-state index contributed by atoms with van der Waals surface area (Å²) in [6, 6.07) is 4.90. The monoisotopic (exact) mass is 425 g/mol. The van der Waals surface area contributed by atoms with Crippen molar-refractivity contribution in [1.29, 1.82) is 0 Å². The first-order chi connectivity index (χ1) is 12.3. The number of aromatic nitrogens is 2. The van der Waals surface area contributed by atoms with E-state index in [1.165, 1.54) is 6.07 Å². The molecule has 1 unspecified atom stereocenters. The lowest BCUT2D eigenvalue weighted by Gasteiger charge is -2.20. The molecule has 2 rings (SSSR count). The minimum absolute atomic E-state index is 0.180. The van der Waals surface area contributed by atoms with E-state index in [2.05, 4.69) is 36.7 Å². The van der Waals surface area contributed by atoms with E-state index >= 15 is 0 Å². The predicted octanol–water partition coefficient (Wildman–Crippen LogP) is 2.33. The number of aliphatic hydroxyl groups is 1. The summed E-state index contributed by atoms with van der Waals surface area (Å²) in [7, 11) is 1.80. The Morgan fingerprint density at radius 3 is 2.85 bits per heavy atom. The van der Waals surface area contributed by atoms with Crippen LogP contribution in [0.4, 0.5) is 4.39 Å². The van der Waals surface area contributed by atoms with Gasteiger partial charge in [0.25, 0.3) is 0 Å². The molecule has 1 atom stereocenters. The fourth-order valence-corrected chi connectivity index (χ4v) is 2.82. The molecular formula is C18H25BrFN5O. The van der Waals surface area contributed by atoms with Gasteiger partial charge in [-0.05, 0) is 44.0 Å². The smallest absolute Gasteiger partial charge is 0.191 e. The van der Waals surface area contributed by atoms with E-state index in [-0.39, 0.29) is 12.4 Å². The van der Waals surface area contributed by atoms with Gasteiger partial charge in [-0.25, -0.2) is 9.38 Å². The zero-order chi connectivity index (χ0) is 19.2. The van der Waals surface area contributed by atoms with Gasteiger partial charge >= 0.3 is 0 Å². The lowest BCUT2D eigenvalue weighted by Crippen LogP contribution is -2.39. The third kappa shape index (κ3) is 5.81. The normalized spacial score (nSPS) is 14.2. The molecule has 0 aliphatic carbocycles. The van der Waals surface area contributed by atoms with E-state index in [0.29, 0.717) is 36.6 Å². The van der Waals surface area contributed by atoms with E-state index in [0.717, 1.165) is 4.47 Å². The summed E-state index contributed by atoms with van der Waals surface area (Å²) >= 11 is 3.35. The van der Waals surface area contributed by atoms with Crippen LogP contribution in [0.3, 0.4) is 0 Å². The van der Waals surface area contributed by atoms with Crippen LogP contribution in [0, 0.1) is 5.82 Å². The molecule has 26 heavy (non-hydrogen) atoms. The van der Waals surface area contributed by atoms with Crippen molar-refractivity contribution in [3.8, 4) is 0 Å². The van der Waals surface area contributed by atoms with Gasteiger partial charge in [0.05, 0.1) is 12.7 Å². The molecule has 8 heteroatoms. The maximum Gasteiger partial charge on any atom is 0.191 e. The summed E-state index contributed by atoms with van der Waals surface area (Å²) < 4.78 is 16.3. The summed E-state index contributed by atoms with van der Waals surface area (Å²) in [5, 5.41) is 21.0. The van der Waals surface area contributed by atoms with Crippen LogP contribution < -0.4 is 10.6 Å². The predicted molar refractivity (Wildman–Crippen MR) is 105 cm³/mol. The summed E-state index contributed by atoms with van der Waals surface area (Å²) in [6.07, 6.45) is 3.92. The van der Waals surface area contributed by atoms with Crippen molar-refractivity contribution in [1.82, 2.24) is 20.4 Å². The van der Waals surface area contributed by atoms with Crippen molar-refractivity contribution in [2.75, 3.05) is 19.6 Å². The highest BCUT2D eigenvalue weighted by Crippen LogP contribution is 2.20. The molecule has 0 fully saturated rings. The van der Waals surface area contributed by atoms with E-state index < -0.39 is 5.60 Å². The SMILES string of the molecule is CCNC(=NCC(C)(O)c1cnn(C)c1)NCCc1cc(Br)ccc1F. The molecule has 0 amide bonds. The largest absolute Gasteiger partial charge is 0.383 e. The number of hydrogen-bond donors (Lipinski definition) is 3. The van der Waals surface area contributed by atoms with Gasteiger partial charge < -0.3 is 15.7 Å². The fraction of sp³-hybridized carbons (Fsp3) is 0.444. The third-order valence-electron chi connectivity index (χ3n) is 3.91. The zero-order valence-corrected chi connectivity index (χ0v) is 16.8. The Labute approximate surface area is 161 Å². The van der Waals surface area contributed by atoms with Gasteiger partial charge in [0, 0.05) is 36.4 Å². The number of hydrogen-bond acceptors (Lipinski definition) is 3. The van der Waals surface area contributed by atoms with Gasteiger partial charge in [-0.2, -0.15) is 5.10 Å². The summed E-state index contributed by atoms with van der Waals surface area (Å²) in [5.41, 5.74) is 0.216. The molecule has 0 aliphatic rings. The van der Waals surface area contributed by atoms with Crippen molar-refractivity contribution in [2.45, 2.75) is 25.9 Å². The van der Waals surface area contributed by atoms with Crippen molar-refractivity contribution < 1.29 is 9.50 Å². The molecule has 0 bridgehead atoms. The molecular weight excluding hydrogens is 401 g/mol. The second-order valence-corrected chi connectivity index (χ2v) is 7.20. The molecule has 0 saturated heterocycles. The molecule has 142 valence electrons. The molecule has 0 spiro atoms. The van der Waals surface area contributed by atoms with Crippen molar-refractivity contribution in [3.05, 3.63) is 52.0 Å². The Kier molecular flexibility index (Phi) is 7.16. The molecule has 6 nitrogen and oxygen atoms in total. The highest BCUT2D eigenvalue weighted by molar-refractivity contribution is 9.10. The Bertz CT molecular complexity index is 760. The van der Waals surface area contributed by atoms with Crippen LogP contribution in [0.5, 0.6) is 0 Å². The van der Waals surface area contributed by atoms with Gasteiger partial charge in [-0.15, -0.1) is 0 Å². The topological polar surface area (TPSA) is 74.5 Å². The highest BCUT2D eigenvalue weighted by Gasteiger charge is 2.24. The second-order valence-electron chi connectivity index (χ2n) is 6.28. The number of guanidine groups is 1. The van der Waals surface area contributed by atoms with E-state index in [4.69, 9.17) is 0 Å². The first-order valence-electron chi connectivity index (χ1n) is 8.49. The molecule has 0 saturated carbocycles. The molecule has 1 heterocycles. The van der Waals surface area contributed by atoms with Crippen LogP contribution in [0.25, 0.3) is 0 Å². The van der Waals surface area contributed by atoms with E-state index in [1.807, 2.05) is 6.92 Å². The third-order valence-corrected chi connectivity index (χ3v) is 4.40. The highest BCUT2D eigenvalue weighted by atomic mass is 79.9. The first kappa shape index (κ1) is 20.4. The van der Waals surface area contributed by atoms with Gasteiger partial charge in [-0.1, -0.05) is 15.9 Å². The Balaban J connectivity index is 1.97. The quantitative estimate of drug-likeness (QED) is 0.470. The Morgan fingerprint density at radius 2 is 2.19 bits per heavy atom. The fourth-order valence-electron chi connectivity index (χ4n) is 2.42. The van der Waals surface area contributed by atoms with Gasteiger partial charge in [0.15, 0.2) is 5.96 Å². The number of nitrogens with zero attached hydrogens (tertiary/aromatic N) is 3. The van der Waals surface area contributed by atoms with Gasteiger partial charge in [0.1, 0.15) is 11.4 Å². The Hall–Kier alpha value is -1.93. The van der Waals surface area contributed by atoms with Crippen LogP contribution in [-0.4, -0.2) is 40.5 Å². The maximum absolute atomic E-state index is 13.8. The van der Waals surface area contributed by atoms with E-state index in [1.54, 1.807) is 43.2 Å². The van der Waals surface area contributed by atoms with Crippen molar-refractivity contribution in [3.63, 3.8) is 0 Å². The number of halogens is 2. The number of benzene rings is 1. The molecule has 0 aliphatic heterocycles. The van der Waals surface area contributed by atoms with Crippen molar-refractivity contribution in [2.24, 2.45) is 12.0 Å². The molecule has 1 aromatic heterocycles. The van der Waals surface area contributed by atoms with Crippen LogP contribution in [0.2, 0.25) is 0 Å². The average Bonchev–Trinajstić information content (AvgIpc) is 3.03. The standard InChI is InChI=1S/C18H25BrFN5O/c1-4-21-17(22-8-7-13-9-15(19)5-6-16(13)20)23-12-18(2,26)14-10-24-25(3)11-14/h5-6,9-11,26H,4,7-8,12H2,1-3H3,(H2,21,22,23). The lowest BCUT2D eigenvalue weighted by molar-refractivity contribution is 0.0672. The van der Waals surface area contributed by atoms with Crippen molar-refractivity contribution >= 4 is 21.9 Å². The minimum atomic E-state index is -1.12. The van der Waals surface area contributed by atoms with Crippen LogP contribution in [0.15, 0.2) is 40.1 Å². The summed E-state index contributed by atoms with van der Waals surface area (Å²) in [5.74, 6) is 0.350. The van der Waals surface area contributed by atoms with Crippen LogP contribution >= 0.6 is 15.9 Å². The average molecular weight is 426 g/mol. The van der Waals surface area contributed by atoms with Gasteiger partial charge in [0.2, 0.25) is 0 Å². The Morgan fingerprint density at radius 1 is 1.42 bits per heavy atom. The van der Waals surface area contributed by atoms with Crippen LogP contribution in [-0.2, 0) is 19.1 Å². The lowest BCUT2D eigenvalue weighted by atomic mass is 10.0. The molecule has 2 aromatic rings. The summed E-state index contributed by atoms with van der Waals surface area (Å²) in [6.45, 7) is 5.05. The first-order valence-corrected chi connectivity index (χ1v) is 9.28. The van der Waals surface area contributed by atoms with Crippen LogP contribution in [0.1, 0.15) is 25.0 Å². The number of aryl methyl sites for hydroxylation is 1. The van der Waals surface area contributed by atoms with Gasteiger partial charge in [-0.3, -0.25) is 4.68 Å². The van der Waals surface area contributed by atoms with E-state index in [9.17, 15) is 9.50 Å².